The number of nitrogens with zero attached hydrogens (tertiary/aromatic N) is 2. The quantitative estimate of drug-likeness (QED) is 0.599. The Morgan fingerprint density at radius 2 is 1.21 bits per heavy atom. The summed E-state index contributed by atoms with van der Waals surface area (Å²) >= 11 is 0. The Labute approximate surface area is 142 Å². The fourth-order valence-electron chi connectivity index (χ4n) is 2.46. The highest BCUT2D eigenvalue weighted by molar-refractivity contribution is 5.43. The van der Waals surface area contributed by atoms with Gasteiger partial charge in [-0.2, -0.15) is 10.2 Å². The Morgan fingerprint density at radius 1 is 0.708 bits per heavy atom. The van der Waals surface area contributed by atoms with Crippen molar-refractivity contribution in [1.82, 2.24) is 0 Å². The van der Waals surface area contributed by atoms with E-state index in [1.165, 1.54) is 5.56 Å². The highest BCUT2D eigenvalue weighted by Gasteiger charge is 2.09. The van der Waals surface area contributed by atoms with Crippen molar-refractivity contribution in [2.75, 3.05) is 0 Å². The van der Waals surface area contributed by atoms with Gasteiger partial charge < -0.3 is 5.11 Å². The molecule has 0 fully saturated rings. The predicted molar refractivity (Wildman–Crippen MR) is 96.9 cm³/mol. The molecule has 3 rings (SSSR count). The first-order valence-corrected chi connectivity index (χ1v) is 8.10. The van der Waals surface area contributed by atoms with Gasteiger partial charge in [0.15, 0.2) is 0 Å². The van der Waals surface area contributed by atoms with Crippen LogP contribution in [0.4, 0.5) is 11.4 Å². The molecule has 1 atom stereocenters. The summed E-state index contributed by atoms with van der Waals surface area (Å²) in [6.07, 6.45) is 0.390. The third-order valence-corrected chi connectivity index (χ3v) is 3.95. The molecule has 0 radical (unpaired) electrons. The van der Waals surface area contributed by atoms with Crippen LogP contribution < -0.4 is 0 Å². The highest BCUT2D eigenvalue weighted by atomic mass is 16.3. The van der Waals surface area contributed by atoms with Crippen molar-refractivity contribution in [2.45, 2.75) is 19.4 Å². The summed E-state index contributed by atoms with van der Waals surface area (Å²) in [6, 6.07) is 25.2. The van der Waals surface area contributed by atoms with Gasteiger partial charge in [0.05, 0.1) is 11.4 Å². The number of rotatable bonds is 5. The van der Waals surface area contributed by atoms with Gasteiger partial charge in [-0.15, -0.1) is 0 Å². The Kier molecular flexibility index (Phi) is 5.14. The first-order valence-electron chi connectivity index (χ1n) is 8.10. The second kappa shape index (κ2) is 7.66. The lowest BCUT2D eigenvalue weighted by Crippen LogP contribution is -1.98. The van der Waals surface area contributed by atoms with Gasteiger partial charge in [0, 0.05) is 0 Å². The van der Waals surface area contributed by atoms with Crippen LogP contribution in [0.3, 0.4) is 0 Å². The molecule has 3 aromatic carbocycles. The molecule has 0 spiro atoms. The molecule has 0 aliphatic rings. The molecule has 3 nitrogen and oxygen atoms in total. The predicted octanol–water partition coefficient (Wildman–Crippen LogP) is 5.75. The maximum atomic E-state index is 10.4. The number of benzene rings is 3. The molecule has 0 amide bonds. The molecule has 3 aromatic rings. The van der Waals surface area contributed by atoms with Crippen molar-refractivity contribution in [3.05, 3.63) is 95.6 Å². The van der Waals surface area contributed by atoms with Crippen LogP contribution in [0.5, 0.6) is 0 Å². The fourth-order valence-corrected chi connectivity index (χ4v) is 2.46. The van der Waals surface area contributed by atoms with Gasteiger partial charge in [-0.1, -0.05) is 61.5 Å². The molecular weight excluding hydrogens is 296 g/mol. The average molecular weight is 316 g/mol. The minimum atomic E-state index is -0.626. The van der Waals surface area contributed by atoms with Crippen LogP contribution in [0.15, 0.2) is 89.1 Å². The number of hydrogen-bond acceptors (Lipinski definition) is 3. The molecule has 1 unspecified atom stereocenters. The van der Waals surface area contributed by atoms with Crippen molar-refractivity contribution >= 4 is 11.4 Å². The number of hydrogen-bond donors (Lipinski definition) is 1. The Bertz CT molecular complexity index is 794. The Balaban J connectivity index is 1.71. The van der Waals surface area contributed by atoms with E-state index in [1.54, 1.807) is 0 Å². The fraction of sp³-hybridized carbons (Fsp3) is 0.143. The topological polar surface area (TPSA) is 45.0 Å². The van der Waals surface area contributed by atoms with Crippen LogP contribution in [-0.4, -0.2) is 5.11 Å². The molecule has 0 heterocycles. The van der Waals surface area contributed by atoms with E-state index in [9.17, 15) is 5.11 Å². The van der Waals surface area contributed by atoms with Crippen LogP contribution in [-0.2, 0) is 6.42 Å². The largest absolute Gasteiger partial charge is 0.384 e. The monoisotopic (exact) mass is 316 g/mol. The third kappa shape index (κ3) is 3.94. The number of aliphatic hydroxyl groups excluding tert-OH is 1. The number of aliphatic hydroxyl groups is 1. The Morgan fingerprint density at radius 3 is 1.75 bits per heavy atom. The zero-order valence-electron chi connectivity index (χ0n) is 13.6. The summed E-state index contributed by atoms with van der Waals surface area (Å²) in [5, 5.41) is 18.9. The second-order valence-corrected chi connectivity index (χ2v) is 5.62. The van der Waals surface area contributed by atoms with Crippen LogP contribution in [0.25, 0.3) is 0 Å². The zero-order chi connectivity index (χ0) is 16.8. The first-order chi connectivity index (χ1) is 11.8. The summed E-state index contributed by atoms with van der Waals surface area (Å²) in [4.78, 5) is 0. The molecular formula is C21H20N2O. The SMILES string of the molecule is CCc1ccc(N=Nc2ccc(C(O)c3ccccc3)cc2)cc1. The number of azo groups is 1. The normalized spacial score (nSPS) is 12.4. The van der Waals surface area contributed by atoms with E-state index in [4.69, 9.17) is 0 Å². The molecule has 0 bridgehead atoms. The smallest absolute Gasteiger partial charge is 0.104 e. The molecule has 0 saturated heterocycles. The minimum absolute atomic E-state index is 0.626. The van der Waals surface area contributed by atoms with Gasteiger partial charge in [0.25, 0.3) is 0 Å². The van der Waals surface area contributed by atoms with Gasteiger partial charge in [0.2, 0.25) is 0 Å². The number of aryl methyl sites for hydroxylation is 1. The summed E-state index contributed by atoms with van der Waals surface area (Å²) in [6.45, 7) is 2.13. The van der Waals surface area contributed by atoms with Crippen molar-refractivity contribution in [1.29, 1.82) is 0 Å². The van der Waals surface area contributed by atoms with E-state index in [0.717, 1.165) is 28.9 Å². The summed E-state index contributed by atoms with van der Waals surface area (Å²) in [7, 11) is 0. The zero-order valence-corrected chi connectivity index (χ0v) is 13.6. The van der Waals surface area contributed by atoms with E-state index in [1.807, 2.05) is 66.7 Å². The van der Waals surface area contributed by atoms with Gasteiger partial charge in [-0.25, -0.2) is 0 Å². The maximum Gasteiger partial charge on any atom is 0.104 e. The van der Waals surface area contributed by atoms with Gasteiger partial charge in [0.1, 0.15) is 6.10 Å². The van der Waals surface area contributed by atoms with Crippen LogP contribution in [0.1, 0.15) is 29.7 Å². The average Bonchev–Trinajstić information content (AvgIpc) is 2.67. The molecule has 0 aliphatic heterocycles. The van der Waals surface area contributed by atoms with Crippen molar-refractivity contribution in [3.8, 4) is 0 Å². The van der Waals surface area contributed by atoms with Gasteiger partial charge in [-0.05, 0) is 47.4 Å². The van der Waals surface area contributed by atoms with Gasteiger partial charge in [-0.3, -0.25) is 0 Å². The molecule has 0 aliphatic carbocycles. The second-order valence-electron chi connectivity index (χ2n) is 5.62. The van der Waals surface area contributed by atoms with Crippen molar-refractivity contribution < 1.29 is 5.11 Å². The van der Waals surface area contributed by atoms with Crippen LogP contribution >= 0.6 is 0 Å². The lowest BCUT2D eigenvalue weighted by atomic mass is 10.0. The van der Waals surface area contributed by atoms with E-state index >= 15 is 0 Å². The molecule has 120 valence electrons. The Hall–Kier alpha value is -2.78. The maximum absolute atomic E-state index is 10.4. The van der Waals surface area contributed by atoms with Crippen LogP contribution in [0, 0.1) is 0 Å². The van der Waals surface area contributed by atoms with Gasteiger partial charge >= 0.3 is 0 Å². The minimum Gasteiger partial charge on any atom is -0.384 e. The van der Waals surface area contributed by atoms with E-state index < -0.39 is 6.10 Å². The van der Waals surface area contributed by atoms with Crippen molar-refractivity contribution in [3.63, 3.8) is 0 Å². The summed E-state index contributed by atoms with van der Waals surface area (Å²) in [5.41, 5.74) is 4.60. The standard InChI is InChI=1S/C21H20N2O/c1-2-16-8-12-19(13-9-16)22-23-20-14-10-18(11-15-20)21(24)17-6-4-3-5-7-17/h3-15,21,24H,2H2,1H3. The van der Waals surface area contributed by atoms with E-state index in [0.29, 0.717) is 0 Å². The highest BCUT2D eigenvalue weighted by Crippen LogP contribution is 2.25. The lowest BCUT2D eigenvalue weighted by Gasteiger charge is -2.11. The molecule has 0 aromatic heterocycles. The lowest BCUT2D eigenvalue weighted by molar-refractivity contribution is 0.220. The van der Waals surface area contributed by atoms with E-state index in [-0.39, 0.29) is 0 Å². The third-order valence-electron chi connectivity index (χ3n) is 3.95. The first kappa shape index (κ1) is 16.1. The van der Waals surface area contributed by atoms with E-state index in [2.05, 4.69) is 29.3 Å². The summed E-state index contributed by atoms with van der Waals surface area (Å²) in [5.74, 6) is 0. The molecule has 1 N–H and O–H groups in total. The van der Waals surface area contributed by atoms with Crippen molar-refractivity contribution in [2.24, 2.45) is 10.2 Å². The molecule has 0 saturated carbocycles. The molecule has 3 heteroatoms. The molecule has 24 heavy (non-hydrogen) atoms. The summed E-state index contributed by atoms with van der Waals surface area (Å²) < 4.78 is 0. The van der Waals surface area contributed by atoms with Crippen LogP contribution in [0.2, 0.25) is 0 Å².